The number of hydrogen-bond acceptors (Lipinski definition) is 6. The van der Waals surface area contributed by atoms with E-state index >= 15 is 0 Å². The van der Waals surface area contributed by atoms with Crippen LogP contribution in [0.1, 0.15) is 120 Å². The van der Waals surface area contributed by atoms with E-state index in [1.807, 2.05) is 41.5 Å². The molecule has 0 rings (SSSR count). The van der Waals surface area contributed by atoms with Crippen molar-refractivity contribution in [2.75, 3.05) is 39.3 Å². The monoisotopic (exact) mass is 611 g/mol. The second-order valence-corrected chi connectivity index (χ2v) is 9.78. The first-order valence-corrected chi connectivity index (χ1v) is 14.7. The minimum atomic E-state index is -0.0535. The van der Waals surface area contributed by atoms with Gasteiger partial charge in [-0.3, -0.25) is 28.8 Å². The predicted octanol–water partition coefficient (Wildman–Crippen LogP) is 4.84. The van der Waals surface area contributed by atoms with Crippen LogP contribution in [0.4, 0.5) is 0 Å². The molecule has 9 nitrogen and oxygen atoms in total. The molecule has 0 aromatic carbocycles. The Hall–Kier alpha value is -2.06. The van der Waals surface area contributed by atoms with Crippen molar-refractivity contribution in [3.8, 4) is 0 Å². The smallest absolute Gasteiger partial charge is 0.230 e. The van der Waals surface area contributed by atoms with Gasteiger partial charge in [0.15, 0.2) is 0 Å². The van der Waals surface area contributed by atoms with Crippen molar-refractivity contribution in [2.45, 2.75) is 120 Å². The predicted molar refractivity (Wildman–Crippen MR) is 157 cm³/mol. The third-order valence-electron chi connectivity index (χ3n) is 5.22. The zero-order chi connectivity index (χ0) is 30.8. The molecule has 0 aromatic rings. The molecule has 0 heterocycles. The van der Waals surface area contributed by atoms with Crippen molar-refractivity contribution in [3.63, 3.8) is 0 Å². The summed E-state index contributed by atoms with van der Waals surface area (Å²) in [7, 11) is 0. The normalized spacial score (nSPS) is 9.53. The van der Waals surface area contributed by atoms with E-state index in [0.29, 0.717) is 0 Å². The number of nitrogens with zero attached hydrogens (tertiary/aromatic N) is 3. The van der Waals surface area contributed by atoms with E-state index in [1.165, 1.54) is 20.8 Å². The summed E-state index contributed by atoms with van der Waals surface area (Å²) in [6.45, 7) is 21.1. The van der Waals surface area contributed by atoms with Crippen LogP contribution in [0.5, 0.6) is 0 Å². The van der Waals surface area contributed by atoms with E-state index in [1.54, 1.807) is 14.7 Å². The molecule has 0 spiro atoms. The van der Waals surface area contributed by atoms with Gasteiger partial charge in [-0.15, -0.1) is 0 Å². The van der Waals surface area contributed by atoms with E-state index < -0.39 is 0 Å². The Kier molecular flexibility index (Phi) is 33.6. The molecule has 0 N–H and O–H groups in total. The Morgan fingerprint density at radius 3 is 0.625 bits per heavy atom. The molecule has 3 amide bonds. The molecule has 0 radical (unpaired) electrons. The number of carbonyl (C=O) groups is 6. The van der Waals surface area contributed by atoms with Crippen LogP contribution in [0, 0.1) is 0 Å². The van der Waals surface area contributed by atoms with Gasteiger partial charge < -0.3 is 14.7 Å². The molecule has 0 saturated heterocycles. The van der Waals surface area contributed by atoms with Gasteiger partial charge in [0, 0.05) is 56.3 Å². The van der Waals surface area contributed by atoms with E-state index in [4.69, 9.17) is 0 Å². The van der Waals surface area contributed by atoms with Crippen molar-refractivity contribution in [2.24, 2.45) is 0 Å². The summed E-state index contributed by atoms with van der Waals surface area (Å²) in [5.41, 5.74) is 0. The first kappa shape index (κ1) is 44.9. The summed E-state index contributed by atoms with van der Waals surface area (Å²) < 4.78 is 0. The summed E-state index contributed by atoms with van der Waals surface area (Å²) in [5, 5.41) is 0. The van der Waals surface area contributed by atoms with Crippen molar-refractivity contribution >= 4 is 35.1 Å². The second-order valence-electron chi connectivity index (χ2n) is 9.78. The largest absolute Gasteiger partial charge is 0.342 e. The van der Waals surface area contributed by atoms with E-state index in [2.05, 4.69) is 0 Å². The fourth-order valence-corrected chi connectivity index (χ4v) is 3.68. The minimum absolute atomic E-state index is 0. The first-order chi connectivity index (χ1) is 18.3. The fraction of sp³-hybridized carbons (Fsp3) is 0.800. The summed E-state index contributed by atoms with van der Waals surface area (Å²) in [5.74, 6) is -0.254. The molecule has 0 aliphatic heterocycles. The van der Waals surface area contributed by atoms with Gasteiger partial charge in [0.2, 0.25) is 17.7 Å². The number of hydrogen-bond donors (Lipinski definition) is 0. The number of ketones is 3. The Morgan fingerprint density at radius 1 is 0.375 bits per heavy atom. The van der Waals surface area contributed by atoms with Crippen molar-refractivity contribution < 1.29 is 45.8 Å². The maximum Gasteiger partial charge on any atom is 0.230 e. The Balaban J connectivity index is -0.000000240. The van der Waals surface area contributed by atoms with Gasteiger partial charge in [0.25, 0.3) is 0 Å². The molecule has 0 unspecified atom stereocenters. The molecule has 0 aliphatic carbocycles. The molecule has 0 aliphatic rings. The standard InChI is InChI=1S/3C10H19NO2.Fe/c3*1-4-6-11(7-5-2)10(13)8-9(3)12;/h3*4-8H2,1-3H3;. The molecule has 0 aromatic heterocycles. The molecule has 0 saturated carbocycles. The summed E-state index contributed by atoms with van der Waals surface area (Å²) in [6.07, 6.45) is 5.86. The average Bonchev–Trinajstić information content (AvgIpc) is 2.83. The Labute approximate surface area is 254 Å². The molecule has 40 heavy (non-hydrogen) atoms. The zero-order valence-electron chi connectivity index (χ0n) is 26.8. The number of Topliss-reactive ketones (excluding diaryl/α,β-unsaturated/α-hetero) is 3. The number of amides is 3. The van der Waals surface area contributed by atoms with Crippen LogP contribution in [0.15, 0.2) is 0 Å². The van der Waals surface area contributed by atoms with Crippen LogP contribution < -0.4 is 0 Å². The summed E-state index contributed by atoms with van der Waals surface area (Å²) >= 11 is 0. The maximum atomic E-state index is 11.4. The van der Waals surface area contributed by atoms with Crippen LogP contribution in [0.25, 0.3) is 0 Å². The van der Waals surface area contributed by atoms with Gasteiger partial charge in [-0.1, -0.05) is 41.5 Å². The third kappa shape index (κ3) is 27.5. The van der Waals surface area contributed by atoms with Gasteiger partial charge in [-0.05, 0) is 59.3 Å². The molecular weight excluding hydrogens is 554 g/mol. The molecule has 0 atom stereocenters. The van der Waals surface area contributed by atoms with Gasteiger partial charge in [0.05, 0.1) is 19.3 Å². The molecule has 236 valence electrons. The quantitative estimate of drug-likeness (QED) is 0.162. The fourth-order valence-electron chi connectivity index (χ4n) is 3.68. The minimum Gasteiger partial charge on any atom is -0.342 e. The summed E-state index contributed by atoms with van der Waals surface area (Å²) in [4.78, 5) is 71.8. The van der Waals surface area contributed by atoms with E-state index in [-0.39, 0.29) is 71.4 Å². The van der Waals surface area contributed by atoms with Crippen LogP contribution >= 0.6 is 0 Å². The topological polar surface area (TPSA) is 112 Å². The Morgan fingerprint density at radius 2 is 0.525 bits per heavy atom. The van der Waals surface area contributed by atoms with Gasteiger partial charge in [-0.2, -0.15) is 0 Å². The molecular formula is C30H57FeN3O6. The maximum absolute atomic E-state index is 11.4. The van der Waals surface area contributed by atoms with Crippen molar-refractivity contribution in [1.82, 2.24) is 14.7 Å². The molecule has 0 fully saturated rings. The van der Waals surface area contributed by atoms with Crippen LogP contribution in [-0.2, 0) is 45.8 Å². The van der Waals surface area contributed by atoms with Crippen LogP contribution in [-0.4, -0.2) is 89.0 Å². The zero-order valence-corrected chi connectivity index (χ0v) is 27.9. The Bertz CT molecular complexity index is 617. The molecule has 10 heteroatoms. The number of rotatable bonds is 18. The SMILES string of the molecule is CCCN(CCC)C(=O)CC(C)=O.CCCN(CCC)C(=O)CC(C)=O.CCCN(CCC)C(=O)CC(C)=O.[Fe]. The second kappa shape index (κ2) is 29.9. The van der Waals surface area contributed by atoms with Crippen LogP contribution in [0.3, 0.4) is 0 Å². The number of carbonyl (C=O) groups excluding carboxylic acids is 6. The van der Waals surface area contributed by atoms with Crippen molar-refractivity contribution in [1.29, 1.82) is 0 Å². The van der Waals surface area contributed by atoms with E-state index in [0.717, 1.165) is 77.8 Å². The van der Waals surface area contributed by atoms with Gasteiger partial charge in [-0.25, -0.2) is 0 Å². The molecule has 0 bridgehead atoms. The van der Waals surface area contributed by atoms with Crippen LogP contribution in [0.2, 0.25) is 0 Å². The van der Waals surface area contributed by atoms with Gasteiger partial charge in [0.1, 0.15) is 17.3 Å². The van der Waals surface area contributed by atoms with Gasteiger partial charge >= 0.3 is 0 Å². The first-order valence-electron chi connectivity index (χ1n) is 14.7. The average molecular weight is 612 g/mol. The van der Waals surface area contributed by atoms with E-state index in [9.17, 15) is 28.8 Å². The summed E-state index contributed by atoms with van der Waals surface area (Å²) in [6, 6.07) is 0. The van der Waals surface area contributed by atoms with Crippen molar-refractivity contribution in [3.05, 3.63) is 0 Å². The third-order valence-corrected chi connectivity index (χ3v) is 5.22.